The molecule has 1 aromatic heterocycles. The summed E-state index contributed by atoms with van der Waals surface area (Å²) in [5, 5.41) is 22.2. The molecule has 5 rings (SSSR count). The number of aromatic nitrogens is 2. The lowest BCUT2D eigenvalue weighted by Gasteiger charge is -2.11. The predicted octanol–water partition coefficient (Wildman–Crippen LogP) is 7.03. The number of H-pyrrole nitrogens is 1. The molecule has 3 N–H and O–H groups in total. The fourth-order valence-corrected chi connectivity index (χ4v) is 4.19. The number of imidazole rings is 1. The Labute approximate surface area is 220 Å². The third kappa shape index (κ3) is 4.89. The number of hydrogen-bond donors (Lipinski definition) is 3. The highest BCUT2D eigenvalue weighted by Gasteiger charge is 2.16. The molecule has 5 aromatic rings. The zero-order chi connectivity index (χ0) is 26.1. The normalized spacial score (nSPS) is 10.7. The largest absolute Gasteiger partial charge is 0.478 e. The van der Waals surface area contributed by atoms with Crippen molar-refractivity contribution in [2.75, 3.05) is 5.32 Å². The number of nitrogens with one attached hydrogen (secondary N) is 2. The Bertz CT molecular complexity index is 1680. The Morgan fingerprint density at radius 3 is 2.19 bits per heavy atom. The molecular weight excluding hydrogens is 511 g/mol. The van der Waals surface area contributed by atoms with Gasteiger partial charge in [0.1, 0.15) is 5.82 Å². The summed E-state index contributed by atoms with van der Waals surface area (Å²) in [5.74, 6) is -1.04. The Kier molecular flexibility index (Phi) is 6.36. The Morgan fingerprint density at radius 1 is 0.865 bits per heavy atom. The molecule has 0 aliphatic heterocycles. The van der Waals surface area contributed by atoms with Crippen LogP contribution >= 0.6 is 23.2 Å². The molecule has 180 valence electrons. The summed E-state index contributed by atoms with van der Waals surface area (Å²) in [6.07, 6.45) is 0. The van der Waals surface area contributed by atoms with Crippen LogP contribution in [0.15, 0.2) is 78.9 Å². The number of nitriles is 1. The van der Waals surface area contributed by atoms with Crippen LogP contribution in [0.1, 0.15) is 26.3 Å². The number of carboxylic acids is 1. The molecule has 0 bridgehead atoms. The molecule has 9 heteroatoms. The molecule has 0 aliphatic rings. The fourth-order valence-electron chi connectivity index (χ4n) is 3.87. The monoisotopic (exact) mass is 526 g/mol. The van der Waals surface area contributed by atoms with E-state index in [0.717, 1.165) is 16.6 Å². The number of anilines is 1. The molecule has 1 heterocycles. The summed E-state index contributed by atoms with van der Waals surface area (Å²) in [5.41, 5.74) is 4.59. The molecular formula is C28H16Cl2N4O3. The Hall–Kier alpha value is -4.64. The average molecular weight is 527 g/mol. The van der Waals surface area contributed by atoms with Crippen LogP contribution in [0, 0.1) is 11.3 Å². The number of benzene rings is 4. The number of rotatable bonds is 5. The summed E-state index contributed by atoms with van der Waals surface area (Å²) >= 11 is 12.2. The number of carboxylic acid groups (broad SMARTS) is 1. The summed E-state index contributed by atoms with van der Waals surface area (Å²) in [6.45, 7) is 0. The number of halogens is 2. The molecule has 0 atom stereocenters. The molecule has 0 unspecified atom stereocenters. The van der Waals surface area contributed by atoms with Gasteiger partial charge in [-0.2, -0.15) is 5.26 Å². The smallest absolute Gasteiger partial charge is 0.337 e. The highest BCUT2D eigenvalue weighted by molar-refractivity contribution is 6.42. The fraction of sp³-hybridized carbons (Fsp3) is 0. The Balaban J connectivity index is 1.40. The van der Waals surface area contributed by atoms with Gasteiger partial charge in [0, 0.05) is 11.1 Å². The first-order valence-electron chi connectivity index (χ1n) is 11.0. The molecule has 1 amide bonds. The zero-order valence-corrected chi connectivity index (χ0v) is 20.4. The minimum Gasteiger partial charge on any atom is -0.478 e. The second-order valence-electron chi connectivity index (χ2n) is 8.16. The van der Waals surface area contributed by atoms with E-state index in [1.165, 1.54) is 6.07 Å². The van der Waals surface area contributed by atoms with Crippen LogP contribution in [-0.4, -0.2) is 27.0 Å². The van der Waals surface area contributed by atoms with Crippen molar-refractivity contribution in [3.8, 4) is 28.6 Å². The topological polar surface area (TPSA) is 119 Å². The van der Waals surface area contributed by atoms with Crippen molar-refractivity contribution in [2.45, 2.75) is 0 Å². The maximum absolute atomic E-state index is 13.0. The van der Waals surface area contributed by atoms with Crippen LogP contribution in [0.4, 0.5) is 5.69 Å². The highest BCUT2D eigenvalue weighted by atomic mass is 35.5. The van der Waals surface area contributed by atoms with Crippen molar-refractivity contribution < 1.29 is 14.7 Å². The minimum absolute atomic E-state index is 0.0398. The van der Waals surface area contributed by atoms with Gasteiger partial charge in [0.05, 0.1) is 44.0 Å². The van der Waals surface area contributed by atoms with E-state index < -0.39 is 11.9 Å². The molecule has 0 spiro atoms. The summed E-state index contributed by atoms with van der Waals surface area (Å²) < 4.78 is 0. The minimum atomic E-state index is -1.16. The maximum atomic E-state index is 13.0. The lowest BCUT2D eigenvalue weighted by atomic mass is 10.0. The van der Waals surface area contributed by atoms with Gasteiger partial charge in [-0.25, -0.2) is 9.78 Å². The van der Waals surface area contributed by atoms with Crippen LogP contribution < -0.4 is 5.32 Å². The third-order valence-electron chi connectivity index (χ3n) is 5.79. The highest BCUT2D eigenvalue weighted by Crippen LogP contribution is 2.30. The van der Waals surface area contributed by atoms with E-state index in [-0.39, 0.29) is 11.3 Å². The van der Waals surface area contributed by atoms with Crippen molar-refractivity contribution in [3.63, 3.8) is 0 Å². The number of hydrogen-bond acceptors (Lipinski definition) is 4. The van der Waals surface area contributed by atoms with Crippen LogP contribution in [0.2, 0.25) is 10.0 Å². The van der Waals surface area contributed by atoms with Gasteiger partial charge in [0.15, 0.2) is 0 Å². The molecule has 0 radical (unpaired) electrons. The second-order valence-corrected chi connectivity index (χ2v) is 8.97. The van der Waals surface area contributed by atoms with E-state index in [2.05, 4.69) is 21.4 Å². The van der Waals surface area contributed by atoms with Crippen LogP contribution in [-0.2, 0) is 0 Å². The van der Waals surface area contributed by atoms with Gasteiger partial charge in [-0.15, -0.1) is 0 Å². The number of fused-ring (bicyclic) bond motifs is 1. The summed E-state index contributed by atoms with van der Waals surface area (Å²) in [6, 6.07) is 23.7. The van der Waals surface area contributed by atoms with E-state index >= 15 is 0 Å². The Morgan fingerprint density at radius 2 is 1.51 bits per heavy atom. The first kappa shape index (κ1) is 24.1. The van der Waals surface area contributed by atoms with Crippen molar-refractivity contribution >= 4 is 51.8 Å². The quantitative estimate of drug-likeness (QED) is 0.227. The van der Waals surface area contributed by atoms with Gasteiger partial charge in [-0.3, -0.25) is 4.79 Å². The molecule has 37 heavy (non-hydrogen) atoms. The van der Waals surface area contributed by atoms with Gasteiger partial charge < -0.3 is 15.4 Å². The first-order chi connectivity index (χ1) is 17.8. The van der Waals surface area contributed by atoms with Crippen LogP contribution in [0.25, 0.3) is 33.5 Å². The van der Waals surface area contributed by atoms with E-state index in [9.17, 15) is 14.7 Å². The molecule has 0 saturated carbocycles. The summed E-state index contributed by atoms with van der Waals surface area (Å²) in [7, 11) is 0. The number of aromatic carboxylic acids is 1. The van der Waals surface area contributed by atoms with Gasteiger partial charge in [-0.05, 0) is 59.7 Å². The van der Waals surface area contributed by atoms with Gasteiger partial charge in [0.25, 0.3) is 5.91 Å². The SMILES string of the molecule is N#Cc1ccc(-c2ccc(C(=O)O)c(NC(=O)c3ccc(-c4nc5cc(Cl)c(Cl)cc5[nH]4)cc3)c2)cc1. The standard InChI is InChI=1S/C28H16Cl2N4O3/c29-21-12-24-25(13-22(21)30)33-26(32-24)17-5-7-18(8-6-17)27(35)34-23-11-19(9-10-20(23)28(36)37)16-3-1-15(14-31)2-4-16/h1-13H,(H,32,33)(H,34,35)(H,36,37). The number of aromatic amines is 1. The molecule has 7 nitrogen and oxygen atoms in total. The van der Waals surface area contributed by atoms with Gasteiger partial charge >= 0.3 is 5.97 Å². The van der Waals surface area contributed by atoms with Crippen LogP contribution in [0.3, 0.4) is 0 Å². The van der Waals surface area contributed by atoms with E-state index in [1.807, 2.05) is 0 Å². The number of nitrogens with zero attached hydrogens (tertiary/aromatic N) is 2. The molecule has 0 fully saturated rings. The van der Waals surface area contributed by atoms with Gasteiger partial charge in [0.2, 0.25) is 0 Å². The number of carbonyl (C=O) groups is 2. The zero-order valence-electron chi connectivity index (χ0n) is 18.9. The van der Waals surface area contributed by atoms with E-state index in [4.69, 9.17) is 28.5 Å². The van der Waals surface area contributed by atoms with Gasteiger partial charge in [-0.1, -0.05) is 53.5 Å². The third-order valence-corrected chi connectivity index (χ3v) is 6.51. The van der Waals surface area contributed by atoms with E-state index in [0.29, 0.717) is 38.1 Å². The van der Waals surface area contributed by atoms with E-state index in [1.54, 1.807) is 72.8 Å². The first-order valence-corrected chi connectivity index (χ1v) is 11.7. The lowest BCUT2D eigenvalue weighted by molar-refractivity contribution is 0.0698. The predicted molar refractivity (Wildman–Crippen MR) is 143 cm³/mol. The van der Waals surface area contributed by atoms with Crippen molar-refractivity contribution in [3.05, 3.63) is 106 Å². The molecule has 0 saturated heterocycles. The summed E-state index contributed by atoms with van der Waals surface area (Å²) in [4.78, 5) is 32.5. The van der Waals surface area contributed by atoms with Crippen LogP contribution in [0.5, 0.6) is 0 Å². The average Bonchev–Trinajstić information content (AvgIpc) is 3.31. The molecule has 4 aromatic carbocycles. The maximum Gasteiger partial charge on any atom is 0.337 e. The molecule has 0 aliphatic carbocycles. The van der Waals surface area contributed by atoms with Crippen molar-refractivity contribution in [2.24, 2.45) is 0 Å². The van der Waals surface area contributed by atoms with Crippen molar-refractivity contribution in [1.29, 1.82) is 5.26 Å². The van der Waals surface area contributed by atoms with Crippen molar-refractivity contribution in [1.82, 2.24) is 9.97 Å². The number of amides is 1. The number of carbonyl (C=O) groups excluding carboxylic acids is 1. The second kappa shape index (κ2) is 9.78. The lowest BCUT2D eigenvalue weighted by Crippen LogP contribution is -2.15.